The van der Waals surface area contributed by atoms with Crippen LogP contribution in [0, 0.1) is 6.92 Å². The second-order valence-corrected chi connectivity index (χ2v) is 10.3. The summed E-state index contributed by atoms with van der Waals surface area (Å²) in [6, 6.07) is 19.1. The van der Waals surface area contributed by atoms with Crippen molar-refractivity contribution in [2.45, 2.75) is 37.5 Å². The smallest absolute Gasteiger partial charge is 0.265 e. The number of amides is 2. The van der Waals surface area contributed by atoms with Gasteiger partial charge in [-0.15, -0.1) is 0 Å². The van der Waals surface area contributed by atoms with Crippen LogP contribution in [-0.2, 0) is 27.7 Å². The molecule has 7 heteroatoms. The van der Waals surface area contributed by atoms with E-state index in [9.17, 15) is 18.0 Å². The molecule has 5 rings (SSSR count). The number of rotatable bonds is 3. The van der Waals surface area contributed by atoms with Gasteiger partial charge in [-0.1, -0.05) is 36.4 Å². The number of carbonyl (C=O) groups excluding carboxylic acids is 2. The summed E-state index contributed by atoms with van der Waals surface area (Å²) in [7, 11) is -3.86. The Morgan fingerprint density at radius 1 is 0.848 bits per heavy atom. The molecule has 2 amide bonds. The Balaban J connectivity index is 1.56. The summed E-state index contributed by atoms with van der Waals surface area (Å²) in [5.41, 5.74) is 4.27. The molecule has 2 aliphatic heterocycles. The highest BCUT2D eigenvalue weighted by Gasteiger charge is 2.33. The van der Waals surface area contributed by atoms with E-state index in [-0.39, 0.29) is 22.9 Å². The number of imide groups is 1. The van der Waals surface area contributed by atoms with Gasteiger partial charge in [0.05, 0.1) is 16.3 Å². The predicted molar refractivity (Wildman–Crippen MR) is 127 cm³/mol. The standard InChI is InChI=1S/C26H24N2O4S/c1-18-7-4-12-23-22(18)14-15-25(29)28(26(23)30)20-10-5-11-21(17-20)33(31,32)27-16-6-9-19-8-2-3-13-24(19)27/h2-5,7-8,10-13,17H,6,9,14-16H2,1H3. The minimum absolute atomic E-state index is 0.0611. The number of nitrogens with zero attached hydrogens (tertiary/aromatic N) is 2. The lowest BCUT2D eigenvalue weighted by Gasteiger charge is -2.30. The van der Waals surface area contributed by atoms with Crippen LogP contribution in [0.2, 0.25) is 0 Å². The van der Waals surface area contributed by atoms with Crippen molar-refractivity contribution < 1.29 is 18.0 Å². The van der Waals surface area contributed by atoms with Gasteiger partial charge in [-0.25, -0.2) is 13.3 Å². The van der Waals surface area contributed by atoms with Gasteiger partial charge >= 0.3 is 0 Å². The van der Waals surface area contributed by atoms with E-state index in [1.54, 1.807) is 24.3 Å². The molecule has 2 heterocycles. The first-order valence-corrected chi connectivity index (χ1v) is 12.5. The van der Waals surface area contributed by atoms with Crippen LogP contribution in [0.5, 0.6) is 0 Å². The van der Waals surface area contributed by atoms with Gasteiger partial charge in [0.2, 0.25) is 5.91 Å². The maximum atomic E-state index is 13.6. The van der Waals surface area contributed by atoms with Crippen molar-refractivity contribution in [3.05, 3.63) is 89.0 Å². The van der Waals surface area contributed by atoms with Crippen LogP contribution in [-0.4, -0.2) is 26.8 Å². The van der Waals surface area contributed by atoms with E-state index in [0.29, 0.717) is 24.2 Å². The van der Waals surface area contributed by atoms with Gasteiger partial charge in [-0.2, -0.15) is 0 Å². The summed E-state index contributed by atoms with van der Waals surface area (Å²) >= 11 is 0. The van der Waals surface area contributed by atoms with Crippen LogP contribution < -0.4 is 9.21 Å². The van der Waals surface area contributed by atoms with Gasteiger partial charge in [0, 0.05) is 18.5 Å². The maximum absolute atomic E-state index is 13.6. The fourth-order valence-electron chi connectivity index (χ4n) is 4.73. The van der Waals surface area contributed by atoms with E-state index in [4.69, 9.17) is 0 Å². The lowest BCUT2D eigenvalue weighted by molar-refractivity contribution is -0.117. The highest BCUT2D eigenvalue weighted by Crippen LogP contribution is 2.34. The number of benzene rings is 3. The molecule has 0 atom stereocenters. The molecule has 6 nitrogen and oxygen atoms in total. The third kappa shape index (κ3) is 3.62. The minimum atomic E-state index is -3.86. The summed E-state index contributed by atoms with van der Waals surface area (Å²) in [6.45, 7) is 2.31. The molecule has 0 aromatic heterocycles. The second kappa shape index (κ2) is 8.15. The minimum Gasteiger partial charge on any atom is -0.274 e. The molecule has 0 N–H and O–H groups in total. The summed E-state index contributed by atoms with van der Waals surface area (Å²) in [4.78, 5) is 27.5. The van der Waals surface area contributed by atoms with Crippen LogP contribution in [0.15, 0.2) is 71.6 Å². The number of para-hydroxylation sites is 1. The molecule has 33 heavy (non-hydrogen) atoms. The monoisotopic (exact) mass is 460 g/mol. The van der Waals surface area contributed by atoms with Gasteiger partial charge in [-0.05, 0) is 73.2 Å². The van der Waals surface area contributed by atoms with E-state index in [2.05, 4.69) is 0 Å². The van der Waals surface area contributed by atoms with Crippen LogP contribution >= 0.6 is 0 Å². The highest BCUT2D eigenvalue weighted by molar-refractivity contribution is 7.92. The molecule has 2 aliphatic rings. The molecule has 0 bridgehead atoms. The number of sulfonamides is 1. The zero-order valence-electron chi connectivity index (χ0n) is 18.3. The molecule has 0 saturated heterocycles. The summed E-state index contributed by atoms with van der Waals surface area (Å²) < 4.78 is 28.6. The second-order valence-electron chi connectivity index (χ2n) is 8.44. The van der Waals surface area contributed by atoms with Crippen LogP contribution in [0.1, 0.15) is 39.9 Å². The average molecular weight is 461 g/mol. The number of fused-ring (bicyclic) bond motifs is 2. The van der Waals surface area contributed by atoms with Crippen molar-refractivity contribution >= 4 is 33.2 Å². The Kier molecular flexibility index (Phi) is 5.29. The van der Waals surface area contributed by atoms with Crippen LogP contribution in [0.4, 0.5) is 11.4 Å². The SMILES string of the molecule is Cc1cccc2c1CCC(=O)N(c1cccc(S(=O)(=O)N3CCCc4ccccc43)c1)C2=O. The Morgan fingerprint density at radius 2 is 1.64 bits per heavy atom. The van der Waals surface area contributed by atoms with Crippen molar-refractivity contribution in [2.75, 3.05) is 15.7 Å². The van der Waals surface area contributed by atoms with Crippen LogP contribution in [0.25, 0.3) is 0 Å². The normalized spacial score (nSPS) is 16.3. The number of aryl methyl sites for hydroxylation is 2. The fraction of sp³-hybridized carbons (Fsp3) is 0.231. The lowest BCUT2D eigenvalue weighted by Crippen LogP contribution is -2.37. The third-order valence-corrected chi connectivity index (χ3v) is 8.22. The number of hydrogen-bond acceptors (Lipinski definition) is 4. The molecule has 0 saturated carbocycles. The molecule has 3 aromatic carbocycles. The number of anilines is 2. The Bertz CT molecular complexity index is 1380. The quantitative estimate of drug-likeness (QED) is 0.548. The topological polar surface area (TPSA) is 74.8 Å². The number of carbonyl (C=O) groups is 2. The van der Waals surface area contributed by atoms with Gasteiger partial charge in [0.25, 0.3) is 15.9 Å². The maximum Gasteiger partial charge on any atom is 0.265 e. The van der Waals surface area contributed by atoms with Crippen LogP contribution in [0.3, 0.4) is 0 Å². The summed E-state index contributed by atoms with van der Waals surface area (Å²) in [6.07, 6.45) is 2.22. The first-order chi connectivity index (χ1) is 15.9. The largest absolute Gasteiger partial charge is 0.274 e. The first-order valence-electron chi connectivity index (χ1n) is 11.0. The van der Waals surface area contributed by atoms with Gasteiger partial charge in [0.15, 0.2) is 0 Å². The molecule has 0 fully saturated rings. The zero-order chi connectivity index (χ0) is 23.2. The predicted octanol–water partition coefficient (Wildman–Crippen LogP) is 4.26. The van der Waals surface area contributed by atoms with E-state index in [1.165, 1.54) is 16.4 Å². The highest BCUT2D eigenvalue weighted by atomic mass is 32.2. The summed E-state index contributed by atoms with van der Waals surface area (Å²) in [5, 5.41) is 0. The van der Waals surface area contributed by atoms with Gasteiger partial charge in [0.1, 0.15) is 0 Å². The van der Waals surface area contributed by atoms with Crippen molar-refractivity contribution in [3.8, 4) is 0 Å². The van der Waals surface area contributed by atoms with E-state index >= 15 is 0 Å². The van der Waals surface area contributed by atoms with Crippen molar-refractivity contribution in [1.29, 1.82) is 0 Å². The molecular weight excluding hydrogens is 436 g/mol. The molecule has 3 aromatic rings. The molecule has 0 spiro atoms. The van der Waals surface area contributed by atoms with Crippen molar-refractivity contribution in [1.82, 2.24) is 0 Å². The molecule has 168 valence electrons. The van der Waals surface area contributed by atoms with Gasteiger partial charge in [-0.3, -0.25) is 13.9 Å². The van der Waals surface area contributed by atoms with Gasteiger partial charge < -0.3 is 0 Å². The Labute approximate surface area is 193 Å². The third-order valence-electron chi connectivity index (χ3n) is 6.41. The van der Waals surface area contributed by atoms with Crippen molar-refractivity contribution in [2.24, 2.45) is 0 Å². The van der Waals surface area contributed by atoms with E-state index in [1.807, 2.05) is 37.3 Å². The Morgan fingerprint density at radius 3 is 2.48 bits per heavy atom. The van der Waals surface area contributed by atoms with Crippen molar-refractivity contribution in [3.63, 3.8) is 0 Å². The Hall–Kier alpha value is -3.45. The average Bonchev–Trinajstić information content (AvgIpc) is 2.95. The molecule has 0 unspecified atom stereocenters. The summed E-state index contributed by atoms with van der Waals surface area (Å²) in [5.74, 6) is -0.762. The number of hydrogen-bond donors (Lipinski definition) is 0. The van der Waals surface area contributed by atoms with E-state index < -0.39 is 15.9 Å². The fourth-order valence-corrected chi connectivity index (χ4v) is 6.31. The lowest BCUT2D eigenvalue weighted by atomic mass is 9.98. The molecule has 0 radical (unpaired) electrons. The molecular formula is C26H24N2O4S. The first kappa shape index (κ1) is 21.4. The molecule has 0 aliphatic carbocycles. The zero-order valence-corrected chi connectivity index (χ0v) is 19.1. The van der Waals surface area contributed by atoms with E-state index in [0.717, 1.165) is 34.4 Å².